The van der Waals surface area contributed by atoms with E-state index in [1.807, 2.05) is 0 Å². The first-order valence-corrected chi connectivity index (χ1v) is 6.23. The number of ether oxygens (including phenoxy) is 1. The second kappa shape index (κ2) is 4.50. The highest BCUT2D eigenvalue weighted by atomic mass is 19.3. The highest BCUT2D eigenvalue weighted by Crippen LogP contribution is 2.46. The minimum Gasteiger partial charge on any atom is -0.496 e. The average Bonchev–Trinajstić information content (AvgIpc) is 2.75. The fraction of sp³-hybridized carbons (Fsp3) is 0.571. The lowest BCUT2D eigenvalue weighted by Crippen LogP contribution is -2.36. The number of methoxy groups -OCH3 is 1. The van der Waals surface area contributed by atoms with Crippen molar-refractivity contribution in [3.63, 3.8) is 0 Å². The number of halogens is 2. The molecule has 1 aliphatic carbocycles. The molecule has 1 aliphatic rings. The Hall–Kier alpha value is -1.16. The molecule has 0 bridgehead atoms. The van der Waals surface area contributed by atoms with E-state index in [-0.39, 0.29) is 5.56 Å². The largest absolute Gasteiger partial charge is 0.496 e. The molecule has 2 N–H and O–H groups in total. The normalized spacial score (nSPS) is 18.9. The van der Waals surface area contributed by atoms with Gasteiger partial charge in [0, 0.05) is 23.6 Å². The zero-order valence-corrected chi connectivity index (χ0v) is 10.8. The van der Waals surface area contributed by atoms with E-state index in [4.69, 9.17) is 10.5 Å². The van der Waals surface area contributed by atoms with Gasteiger partial charge in [0.25, 0.3) is 5.92 Å². The fourth-order valence-electron chi connectivity index (χ4n) is 2.84. The van der Waals surface area contributed by atoms with Gasteiger partial charge in [0.15, 0.2) is 0 Å². The maximum Gasteiger partial charge on any atom is 0.270 e. The molecule has 18 heavy (non-hydrogen) atoms. The Bertz CT molecular complexity index is 434. The van der Waals surface area contributed by atoms with Gasteiger partial charge in [-0.3, -0.25) is 0 Å². The Morgan fingerprint density at radius 2 is 1.89 bits per heavy atom. The molecule has 1 aromatic carbocycles. The monoisotopic (exact) mass is 255 g/mol. The lowest BCUT2D eigenvalue weighted by molar-refractivity contribution is 0.0150. The molecule has 1 saturated carbocycles. The summed E-state index contributed by atoms with van der Waals surface area (Å²) < 4.78 is 32.7. The molecule has 0 amide bonds. The number of hydrogen-bond donors (Lipinski definition) is 1. The third kappa shape index (κ3) is 2.21. The molecule has 0 spiro atoms. The summed E-state index contributed by atoms with van der Waals surface area (Å²) in [6, 6.07) is 4.75. The molecule has 0 aliphatic heterocycles. The first kappa shape index (κ1) is 13.3. The highest BCUT2D eigenvalue weighted by molar-refractivity contribution is 5.47. The summed E-state index contributed by atoms with van der Waals surface area (Å²) in [4.78, 5) is 0. The van der Waals surface area contributed by atoms with E-state index < -0.39 is 11.5 Å². The van der Waals surface area contributed by atoms with Crippen LogP contribution in [0.3, 0.4) is 0 Å². The smallest absolute Gasteiger partial charge is 0.270 e. The molecule has 0 unspecified atom stereocenters. The minimum atomic E-state index is -2.90. The van der Waals surface area contributed by atoms with Crippen LogP contribution in [0.15, 0.2) is 18.2 Å². The van der Waals surface area contributed by atoms with Crippen LogP contribution in [0, 0.1) is 0 Å². The Morgan fingerprint density at radius 3 is 2.39 bits per heavy atom. The molecule has 2 nitrogen and oxygen atoms in total. The summed E-state index contributed by atoms with van der Waals surface area (Å²) in [6.07, 6.45) is 3.42. The molecule has 1 aromatic rings. The van der Waals surface area contributed by atoms with Gasteiger partial charge >= 0.3 is 0 Å². The van der Waals surface area contributed by atoms with Gasteiger partial charge in [-0.05, 0) is 18.9 Å². The lowest BCUT2D eigenvalue weighted by Gasteiger charge is -2.30. The van der Waals surface area contributed by atoms with E-state index in [0.29, 0.717) is 11.3 Å². The second-order valence-electron chi connectivity index (χ2n) is 5.13. The number of alkyl halides is 2. The summed E-state index contributed by atoms with van der Waals surface area (Å²) in [5.41, 5.74) is 6.14. The van der Waals surface area contributed by atoms with Gasteiger partial charge in [-0.25, -0.2) is 8.78 Å². The predicted molar refractivity (Wildman–Crippen MR) is 66.9 cm³/mol. The van der Waals surface area contributed by atoms with E-state index in [2.05, 4.69) is 0 Å². The maximum absolute atomic E-state index is 13.7. The van der Waals surface area contributed by atoms with Crippen LogP contribution < -0.4 is 10.5 Å². The zero-order chi connectivity index (χ0) is 13.4. The van der Waals surface area contributed by atoms with Crippen LogP contribution in [0.25, 0.3) is 0 Å². The van der Waals surface area contributed by atoms with Crippen LogP contribution in [0.4, 0.5) is 8.78 Å². The quantitative estimate of drug-likeness (QED) is 0.896. The van der Waals surface area contributed by atoms with E-state index in [1.165, 1.54) is 13.2 Å². The van der Waals surface area contributed by atoms with Crippen LogP contribution in [0.1, 0.15) is 43.7 Å². The summed E-state index contributed by atoms with van der Waals surface area (Å²) in [5, 5.41) is 0. The highest BCUT2D eigenvalue weighted by Gasteiger charge is 2.40. The average molecular weight is 255 g/mol. The van der Waals surface area contributed by atoms with Gasteiger partial charge in [0.2, 0.25) is 0 Å². The van der Waals surface area contributed by atoms with Crippen molar-refractivity contribution in [1.29, 1.82) is 0 Å². The third-order valence-electron chi connectivity index (χ3n) is 3.71. The topological polar surface area (TPSA) is 35.2 Å². The van der Waals surface area contributed by atoms with E-state index in [1.54, 1.807) is 12.1 Å². The van der Waals surface area contributed by atoms with Crippen molar-refractivity contribution in [3.05, 3.63) is 29.3 Å². The minimum absolute atomic E-state index is 0.00810. The van der Waals surface area contributed by atoms with Gasteiger partial charge in [0.1, 0.15) is 5.75 Å². The van der Waals surface area contributed by atoms with E-state index in [0.717, 1.165) is 32.6 Å². The number of nitrogens with two attached hydrogens (primary N) is 1. The summed E-state index contributed by atoms with van der Waals surface area (Å²) in [7, 11) is 1.49. The maximum atomic E-state index is 13.7. The molecular weight excluding hydrogens is 236 g/mol. The predicted octanol–water partition coefficient (Wildman–Crippen LogP) is 3.53. The van der Waals surface area contributed by atoms with Crippen molar-refractivity contribution in [2.75, 3.05) is 7.11 Å². The molecule has 100 valence electrons. The van der Waals surface area contributed by atoms with Gasteiger partial charge in [-0.1, -0.05) is 25.0 Å². The SMILES string of the molecule is COc1cccc(C(C)(F)F)c1C1(N)CCCC1. The molecule has 0 aromatic heterocycles. The van der Waals surface area contributed by atoms with Crippen LogP contribution in [-0.2, 0) is 11.5 Å². The number of benzene rings is 1. The first-order chi connectivity index (χ1) is 8.38. The Morgan fingerprint density at radius 1 is 1.28 bits per heavy atom. The Kier molecular flexibility index (Phi) is 3.32. The molecule has 0 radical (unpaired) electrons. The second-order valence-corrected chi connectivity index (χ2v) is 5.13. The van der Waals surface area contributed by atoms with Crippen LogP contribution >= 0.6 is 0 Å². The summed E-state index contributed by atoms with van der Waals surface area (Å²) >= 11 is 0. The molecule has 4 heteroatoms. The fourth-order valence-corrected chi connectivity index (χ4v) is 2.84. The lowest BCUT2D eigenvalue weighted by atomic mass is 9.83. The Labute approximate surface area is 106 Å². The van der Waals surface area contributed by atoms with Crippen molar-refractivity contribution in [2.45, 2.75) is 44.1 Å². The molecule has 0 saturated heterocycles. The van der Waals surface area contributed by atoms with Crippen molar-refractivity contribution < 1.29 is 13.5 Å². The van der Waals surface area contributed by atoms with Crippen molar-refractivity contribution >= 4 is 0 Å². The summed E-state index contributed by atoms with van der Waals surface area (Å²) in [5.74, 6) is -2.43. The third-order valence-corrected chi connectivity index (χ3v) is 3.71. The van der Waals surface area contributed by atoms with Gasteiger partial charge in [-0.15, -0.1) is 0 Å². The van der Waals surface area contributed by atoms with E-state index in [9.17, 15) is 8.78 Å². The summed E-state index contributed by atoms with van der Waals surface area (Å²) in [6.45, 7) is 0.906. The van der Waals surface area contributed by atoms with Gasteiger partial charge in [-0.2, -0.15) is 0 Å². The van der Waals surface area contributed by atoms with Gasteiger partial charge < -0.3 is 10.5 Å². The zero-order valence-electron chi connectivity index (χ0n) is 10.8. The molecular formula is C14H19F2NO. The van der Waals surface area contributed by atoms with Gasteiger partial charge in [0.05, 0.1) is 7.11 Å². The van der Waals surface area contributed by atoms with Crippen LogP contribution in [-0.4, -0.2) is 7.11 Å². The first-order valence-electron chi connectivity index (χ1n) is 6.23. The molecule has 1 fully saturated rings. The van der Waals surface area contributed by atoms with Crippen LogP contribution in [0.2, 0.25) is 0 Å². The van der Waals surface area contributed by atoms with Crippen molar-refractivity contribution in [3.8, 4) is 5.75 Å². The molecule has 0 atom stereocenters. The standard InChI is InChI=1S/C14H19F2NO/c1-13(15,16)10-6-5-7-11(18-2)12(10)14(17)8-3-4-9-14/h5-7H,3-4,8-9,17H2,1-2H3. The number of rotatable bonds is 3. The molecule has 0 heterocycles. The van der Waals surface area contributed by atoms with Crippen molar-refractivity contribution in [1.82, 2.24) is 0 Å². The number of hydrogen-bond acceptors (Lipinski definition) is 2. The Balaban J connectivity index is 2.62. The molecule has 2 rings (SSSR count). The van der Waals surface area contributed by atoms with Crippen LogP contribution in [0.5, 0.6) is 5.75 Å². The van der Waals surface area contributed by atoms with Crippen molar-refractivity contribution in [2.24, 2.45) is 5.73 Å². The van der Waals surface area contributed by atoms with E-state index >= 15 is 0 Å².